The third kappa shape index (κ3) is 7.03. The normalized spacial score (nSPS) is 10.8. The molecule has 196 valence electrons. The van der Waals surface area contributed by atoms with E-state index < -0.39 is 23.5 Å². The van der Waals surface area contributed by atoms with Crippen LogP contribution in [0.5, 0.6) is 5.75 Å². The lowest BCUT2D eigenvalue weighted by Gasteiger charge is -2.13. The number of oxazole rings is 1. The molecule has 1 aromatic heterocycles. The molecule has 0 atom stereocenters. The molecular weight excluding hydrogens is 494 g/mol. The number of rotatable bonds is 11. The first-order valence-corrected chi connectivity index (χ1v) is 12.0. The van der Waals surface area contributed by atoms with Gasteiger partial charge in [0.25, 0.3) is 5.91 Å². The topological polar surface area (TPSA) is 102 Å². The fourth-order valence-corrected chi connectivity index (χ4v) is 3.94. The highest BCUT2D eigenvalue weighted by Crippen LogP contribution is 2.23. The quantitative estimate of drug-likeness (QED) is 0.271. The Hall–Kier alpha value is -4.53. The first-order valence-electron chi connectivity index (χ1n) is 12.0. The zero-order valence-corrected chi connectivity index (χ0v) is 20.7. The standard InChI is InChI=1S/C29H26F2N2O5/c1-18-26(33-29(38-18)21-5-3-2-4-6-21)11-12-37-24-9-7-20(8-10-27(34)35)25(16-24)28(36)32-17-19-13-22(30)15-23(31)14-19/h2-7,9,13-16H,8,10-12,17H2,1H3,(H,32,36)(H,34,35). The van der Waals surface area contributed by atoms with Crippen LogP contribution in [0.4, 0.5) is 8.78 Å². The molecule has 0 aliphatic rings. The molecule has 4 rings (SSSR count). The van der Waals surface area contributed by atoms with E-state index in [1.165, 1.54) is 6.07 Å². The first-order chi connectivity index (χ1) is 18.3. The molecule has 0 aliphatic heterocycles. The maximum absolute atomic E-state index is 13.5. The van der Waals surface area contributed by atoms with E-state index in [2.05, 4.69) is 10.3 Å². The average molecular weight is 521 g/mol. The van der Waals surface area contributed by atoms with Gasteiger partial charge in [-0.3, -0.25) is 9.59 Å². The summed E-state index contributed by atoms with van der Waals surface area (Å²) in [6.45, 7) is 1.99. The minimum Gasteiger partial charge on any atom is -0.493 e. The van der Waals surface area contributed by atoms with Gasteiger partial charge in [-0.05, 0) is 60.9 Å². The Kier molecular flexibility index (Phi) is 8.47. The SMILES string of the molecule is Cc1oc(-c2ccccc2)nc1CCOc1ccc(CCC(=O)O)c(C(=O)NCc2cc(F)cc(F)c2)c1. The largest absolute Gasteiger partial charge is 0.493 e. The van der Waals surface area contributed by atoms with Crippen molar-refractivity contribution in [1.29, 1.82) is 0 Å². The van der Waals surface area contributed by atoms with Crippen LogP contribution in [-0.2, 0) is 24.2 Å². The number of amides is 1. The molecule has 0 aliphatic carbocycles. The third-order valence-electron chi connectivity index (χ3n) is 5.83. The van der Waals surface area contributed by atoms with Crippen molar-refractivity contribution in [3.63, 3.8) is 0 Å². The molecule has 3 aromatic carbocycles. The second-order valence-electron chi connectivity index (χ2n) is 8.66. The highest BCUT2D eigenvalue weighted by molar-refractivity contribution is 5.96. The molecule has 9 heteroatoms. The molecule has 1 heterocycles. The molecule has 0 saturated heterocycles. The summed E-state index contributed by atoms with van der Waals surface area (Å²) in [5.74, 6) is -1.38. The van der Waals surface area contributed by atoms with Crippen LogP contribution in [0.15, 0.2) is 71.1 Å². The van der Waals surface area contributed by atoms with E-state index in [4.69, 9.17) is 14.3 Å². The molecule has 7 nitrogen and oxygen atoms in total. The molecule has 0 unspecified atom stereocenters. The van der Waals surface area contributed by atoms with Gasteiger partial charge in [-0.25, -0.2) is 13.8 Å². The van der Waals surface area contributed by atoms with Crippen molar-refractivity contribution in [2.24, 2.45) is 0 Å². The first kappa shape index (κ1) is 26.5. The van der Waals surface area contributed by atoms with E-state index in [0.29, 0.717) is 29.4 Å². The van der Waals surface area contributed by atoms with Crippen LogP contribution in [0.25, 0.3) is 11.5 Å². The number of hydrogen-bond donors (Lipinski definition) is 2. The van der Waals surface area contributed by atoms with Gasteiger partial charge in [0, 0.05) is 36.6 Å². The van der Waals surface area contributed by atoms with Crippen LogP contribution < -0.4 is 10.1 Å². The van der Waals surface area contributed by atoms with Gasteiger partial charge in [0.15, 0.2) is 0 Å². The summed E-state index contributed by atoms with van der Waals surface area (Å²) in [6, 6.07) is 17.4. The second-order valence-corrected chi connectivity index (χ2v) is 8.66. The van der Waals surface area contributed by atoms with Crippen molar-refractivity contribution in [3.05, 3.63) is 107 Å². The summed E-state index contributed by atoms with van der Waals surface area (Å²) in [5.41, 5.74) is 2.62. The van der Waals surface area contributed by atoms with E-state index in [9.17, 15) is 18.4 Å². The number of carbonyl (C=O) groups excluding carboxylic acids is 1. The number of ether oxygens (including phenoxy) is 1. The third-order valence-corrected chi connectivity index (χ3v) is 5.83. The summed E-state index contributed by atoms with van der Waals surface area (Å²) in [5, 5.41) is 11.7. The Morgan fingerprint density at radius 2 is 1.74 bits per heavy atom. The van der Waals surface area contributed by atoms with E-state index in [1.807, 2.05) is 37.3 Å². The van der Waals surface area contributed by atoms with Crippen LogP contribution >= 0.6 is 0 Å². The van der Waals surface area contributed by atoms with Crippen LogP contribution in [0.3, 0.4) is 0 Å². The molecular formula is C29H26F2N2O5. The monoisotopic (exact) mass is 520 g/mol. The van der Waals surface area contributed by atoms with Gasteiger partial charge in [-0.1, -0.05) is 24.3 Å². The number of benzene rings is 3. The number of carboxylic acids is 1. The number of nitrogens with zero attached hydrogens (tertiary/aromatic N) is 1. The van der Waals surface area contributed by atoms with Gasteiger partial charge in [0.05, 0.1) is 12.3 Å². The average Bonchev–Trinajstić information content (AvgIpc) is 3.26. The highest BCUT2D eigenvalue weighted by atomic mass is 19.1. The molecule has 0 bridgehead atoms. The minimum absolute atomic E-state index is 0.105. The molecule has 38 heavy (non-hydrogen) atoms. The number of hydrogen-bond acceptors (Lipinski definition) is 5. The number of carboxylic acid groups (broad SMARTS) is 1. The van der Waals surface area contributed by atoms with Gasteiger partial charge in [0.2, 0.25) is 5.89 Å². The molecule has 0 saturated carbocycles. The lowest BCUT2D eigenvalue weighted by Crippen LogP contribution is -2.24. The Balaban J connectivity index is 1.44. The smallest absolute Gasteiger partial charge is 0.303 e. The zero-order chi connectivity index (χ0) is 27.1. The zero-order valence-electron chi connectivity index (χ0n) is 20.7. The Bertz CT molecular complexity index is 1420. The van der Waals surface area contributed by atoms with E-state index in [1.54, 1.807) is 12.1 Å². The lowest BCUT2D eigenvalue weighted by atomic mass is 10.0. The van der Waals surface area contributed by atoms with E-state index in [-0.39, 0.29) is 37.1 Å². The minimum atomic E-state index is -0.996. The van der Waals surface area contributed by atoms with Crippen LogP contribution in [0, 0.1) is 18.6 Å². The van der Waals surface area contributed by atoms with Crippen molar-refractivity contribution < 1.29 is 32.6 Å². The van der Waals surface area contributed by atoms with Gasteiger partial charge in [0.1, 0.15) is 23.1 Å². The maximum Gasteiger partial charge on any atom is 0.303 e. The maximum atomic E-state index is 13.5. The molecule has 0 radical (unpaired) electrons. The summed E-state index contributed by atoms with van der Waals surface area (Å²) in [7, 11) is 0. The van der Waals surface area contributed by atoms with Gasteiger partial charge >= 0.3 is 5.97 Å². The number of halogens is 2. The van der Waals surface area contributed by atoms with Crippen LogP contribution in [0.1, 0.15) is 39.4 Å². The predicted molar refractivity (Wildman–Crippen MR) is 136 cm³/mol. The summed E-state index contributed by atoms with van der Waals surface area (Å²) in [6.07, 6.45) is 0.438. The van der Waals surface area contributed by atoms with Crippen molar-refractivity contribution in [2.45, 2.75) is 32.7 Å². The predicted octanol–water partition coefficient (Wildman–Crippen LogP) is 5.50. The summed E-state index contributed by atoms with van der Waals surface area (Å²) in [4.78, 5) is 28.6. The fourth-order valence-electron chi connectivity index (χ4n) is 3.94. The number of nitrogens with one attached hydrogen (secondary N) is 1. The molecule has 4 aromatic rings. The summed E-state index contributed by atoms with van der Waals surface area (Å²) >= 11 is 0. The summed E-state index contributed by atoms with van der Waals surface area (Å²) < 4.78 is 38.6. The molecule has 0 fully saturated rings. The van der Waals surface area contributed by atoms with Crippen molar-refractivity contribution in [2.75, 3.05) is 6.61 Å². The Morgan fingerprint density at radius 3 is 2.45 bits per heavy atom. The van der Waals surface area contributed by atoms with E-state index >= 15 is 0 Å². The number of aryl methyl sites for hydroxylation is 2. The highest BCUT2D eigenvalue weighted by Gasteiger charge is 2.16. The van der Waals surface area contributed by atoms with Crippen molar-refractivity contribution >= 4 is 11.9 Å². The van der Waals surface area contributed by atoms with E-state index in [0.717, 1.165) is 29.5 Å². The fraction of sp³-hybridized carbons (Fsp3) is 0.207. The van der Waals surface area contributed by atoms with Crippen LogP contribution in [0.2, 0.25) is 0 Å². The number of aliphatic carboxylic acids is 1. The Labute approximate surface area is 218 Å². The van der Waals surface area contributed by atoms with Crippen molar-refractivity contribution in [3.8, 4) is 17.2 Å². The van der Waals surface area contributed by atoms with Gasteiger partial charge in [-0.15, -0.1) is 0 Å². The lowest BCUT2D eigenvalue weighted by molar-refractivity contribution is -0.136. The Morgan fingerprint density at radius 1 is 1.00 bits per heavy atom. The number of aromatic nitrogens is 1. The van der Waals surface area contributed by atoms with Crippen LogP contribution in [-0.4, -0.2) is 28.6 Å². The van der Waals surface area contributed by atoms with Gasteiger partial charge in [-0.2, -0.15) is 0 Å². The molecule has 2 N–H and O–H groups in total. The molecule has 0 spiro atoms. The second kappa shape index (κ2) is 12.1. The molecule has 1 amide bonds. The van der Waals surface area contributed by atoms with Crippen molar-refractivity contribution in [1.82, 2.24) is 10.3 Å². The number of carbonyl (C=O) groups is 2. The van der Waals surface area contributed by atoms with Gasteiger partial charge < -0.3 is 19.6 Å².